The van der Waals surface area contributed by atoms with Crippen molar-refractivity contribution < 1.29 is 13.9 Å². The Morgan fingerprint density at radius 3 is 2.39 bits per heavy atom. The van der Waals surface area contributed by atoms with Crippen LogP contribution in [-0.2, 0) is 10.2 Å². The number of benzene rings is 2. The molecule has 2 N–H and O–H groups in total. The quantitative estimate of drug-likeness (QED) is 0.695. The highest BCUT2D eigenvalue weighted by Crippen LogP contribution is 2.34. The molecule has 6 heteroatoms. The summed E-state index contributed by atoms with van der Waals surface area (Å²) in [6.07, 6.45) is 0. The number of aryl methyl sites for hydroxylation is 1. The summed E-state index contributed by atoms with van der Waals surface area (Å²) in [5.41, 5.74) is 7.76. The fourth-order valence-electron chi connectivity index (χ4n) is 2.88. The second kappa shape index (κ2) is 7.32. The third kappa shape index (κ3) is 3.90. The summed E-state index contributed by atoms with van der Waals surface area (Å²) in [6, 6.07) is 10.9. The van der Waals surface area contributed by atoms with Crippen LogP contribution in [0.5, 0.6) is 5.75 Å². The van der Waals surface area contributed by atoms with Crippen LogP contribution in [0, 0.1) is 6.92 Å². The van der Waals surface area contributed by atoms with Crippen LogP contribution in [0.15, 0.2) is 45.6 Å². The zero-order valence-corrected chi connectivity index (χ0v) is 17.0. The number of fused-ring (bicyclic) bond motifs is 1. The zero-order valence-electron chi connectivity index (χ0n) is 16.3. The molecule has 0 bridgehead atoms. The molecule has 146 valence electrons. The molecule has 0 aliphatic rings. The summed E-state index contributed by atoms with van der Waals surface area (Å²) in [5.74, 6) is -0.494. The summed E-state index contributed by atoms with van der Waals surface area (Å²) in [6.45, 7) is 7.75. The lowest BCUT2D eigenvalue weighted by Gasteiger charge is -2.19. The van der Waals surface area contributed by atoms with E-state index < -0.39 is 17.9 Å². The van der Waals surface area contributed by atoms with Gasteiger partial charge in [0.05, 0.1) is 5.39 Å². The SMILES string of the molecule is Cc1cc2oc(-c3ccc(C(C)(C)C)cc3)c(OCC(N)=O)c(=O)c2cc1Cl. The second-order valence-corrected chi connectivity index (χ2v) is 8.18. The molecular weight excluding hydrogens is 378 g/mol. The third-order valence-corrected chi connectivity index (χ3v) is 4.91. The van der Waals surface area contributed by atoms with Crippen molar-refractivity contribution in [2.24, 2.45) is 5.73 Å². The van der Waals surface area contributed by atoms with Gasteiger partial charge in [-0.05, 0) is 35.6 Å². The molecule has 3 aromatic rings. The molecule has 0 fully saturated rings. The lowest BCUT2D eigenvalue weighted by molar-refractivity contribution is -0.119. The van der Waals surface area contributed by atoms with Gasteiger partial charge in [-0.1, -0.05) is 56.6 Å². The molecule has 2 aromatic carbocycles. The van der Waals surface area contributed by atoms with Crippen LogP contribution in [0.2, 0.25) is 5.02 Å². The third-order valence-electron chi connectivity index (χ3n) is 4.50. The smallest absolute Gasteiger partial charge is 0.255 e. The molecular formula is C22H22ClNO4. The van der Waals surface area contributed by atoms with Gasteiger partial charge in [-0.25, -0.2) is 0 Å². The Kier molecular flexibility index (Phi) is 5.22. The number of hydrogen-bond acceptors (Lipinski definition) is 4. The van der Waals surface area contributed by atoms with E-state index in [9.17, 15) is 9.59 Å². The van der Waals surface area contributed by atoms with E-state index in [2.05, 4.69) is 20.8 Å². The standard InChI is InChI=1S/C22H22ClNO4/c1-12-9-17-15(10-16(12)23)19(26)21(27-11-18(24)25)20(28-17)13-5-7-14(8-6-13)22(2,3)4/h5-10H,11H2,1-4H3,(H2,24,25). The largest absolute Gasteiger partial charge is 0.476 e. The van der Waals surface area contributed by atoms with Crippen molar-refractivity contribution in [2.75, 3.05) is 6.61 Å². The highest BCUT2D eigenvalue weighted by atomic mass is 35.5. The Labute approximate surface area is 168 Å². The fraction of sp³-hybridized carbons (Fsp3) is 0.273. The number of ether oxygens (including phenoxy) is 1. The number of rotatable bonds is 4. The number of carbonyl (C=O) groups excluding carboxylic acids is 1. The molecule has 0 spiro atoms. The first-order chi connectivity index (χ1) is 13.1. The van der Waals surface area contributed by atoms with Gasteiger partial charge in [0.2, 0.25) is 11.2 Å². The maximum atomic E-state index is 13.0. The highest BCUT2D eigenvalue weighted by Gasteiger charge is 2.20. The predicted molar refractivity (Wildman–Crippen MR) is 111 cm³/mol. The van der Waals surface area contributed by atoms with Crippen molar-refractivity contribution >= 4 is 28.5 Å². The first kappa shape index (κ1) is 20.0. The van der Waals surface area contributed by atoms with Crippen LogP contribution in [0.3, 0.4) is 0 Å². The summed E-state index contributed by atoms with van der Waals surface area (Å²) in [4.78, 5) is 24.2. The van der Waals surface area contributed by atoms with Gasteiger partial charge >= 0.3 is 0 Å². The van der Waals surface area contributed by atoms with E-state index in [1.54, 1.807) is 12.1 Å². The van der Waals surface area contributed by atoms with Gasteiger partial charge in [0.1, 0.15) is 5.58 Å². The average molecular weight is 400 g/mol. The molecule has 5 nitrogen and oxygen atoms in total. The average Bonchev–Trinajstić information content (AvgIpc) is 2.62. The van der Waals surface area contributed by atoms with Crippen molar-refractivity contribution in [3.63, 3.8) is 0 Å². The van der Waals surface area contributed by atoms with E-state index in [1.807, 2.05) is 31.2 Å². The second-order valence-electron chi connectivity index (χ2n) is 7.77. The Hall–Kier alpha value is -2.79. The van der Waals surface area contributed by atoms with Crippen LogP contribution >= 0.6 is 11.6 Å². The van der Waals surface area contributed by atoms with Crippen molar-refractivity contribution in [3.8, 4) is 17.1 Å². The number of primary amides is 1. The van der Waals surface area contributed by atoms with Crippen LogP contribution in [0.1, 0.15) is 31.9 Å². The van der Waals surface area contributed by atoms with E-state index in [0.29, 0.717) is 16.2 Å². The minimum atomic E-state index is -0.685. The molecule has 0 aliphatic heterocycles. The minimum absolute atomic E-state index is 0.0120. The molecule has 1 heterocycles. The van der Waals surface area contributed by atoms with E-state index in [1.165, 1.54) is 0 Å². The Morgan fingerprint density at radius 2 is 1.82 bits per heavy atom. The van der Waals surface area contributed by atoms with Gasteiger partial charge < -0.3 is 14.9 Å². The molecule has 28 heavy (non-hydrogen) atoms. The molecule has 0 radical (unpaired) electrons. The number of hydrogen-bond donors (Lipinski definition) is 1. The lowest BCUT2D eigenvalue weighted by atomic mass is 9.86. The van der Waals surface area contributed by atoms with Crippen LogP contribution in [0.4, 0.5) is 0 Å². The Morgan fingerprint density at radius 1 is 1.18 bits per heavy atom. The number of nitrogens with two attached hydrogens (primary N) is 1. The van der Waals surface area contributed by atoms with E-state index in [-0.39, 0.29) is 22.3 Å². The number of halogens is 1. The molecule has 0 saturated heterocycles. The van der Waals surface area contributed by atoms with E-state index in [4.69, 9.17) is 26.5 Å². The number of carbonyl (C=O) groups is 1. The zero-order chi connectivity index (χ0) is 20.6. The summed E-state index contributed by atoms with van der Waals surface area (Å²) in [7, 11) is 0. The summed E-state index contributed by atoms with van der Waals surface area (Å²) >= 11 is 6.16. The van der Waals surface area contributed by atoms with Crippen molar-refractivity contribution in [2.45, 2.75) is 33.1 Å². The first-order valence-corrected chi connectivity index (χ1v) is 9.24. The predicted octanol–water partition coefficient (Wildman–Crippen LogP) is 4.58. The molecule has 0 unspecified atom stereocenters. The fourth-order valence-corrected chi connectivity index (χ4v) is 3.05. The topological polar surface area (TPSA) is 82.5 Å². The van der Waals surface area contributed by atoms with Gasteiger partial charge in [-0.2, -0.15) is 0 Å². The Balaban J connectivity index is 2.24. The van der Waals surface area contributed by atoms with Gasteiger partial charge in [0, 0.05) is 10.6 Å². The molecule has 1 aromatic heterocycles. The summed E-state index contributed by atoms with van der Waals surface area (Å²) < 4.78 is 11.5. The van der Waals surface area contributed by atoms with Gasteiger partial charge in [0.25, 0.3) is 5.91 Å². The van der Waals surface area contributed by atoms with Crippen LogP contribution < -0.4 is 15.9 Å². The highest BCUT2D eigenvalue weighted by molar-refractivity contribution is 6.32. The minimum Gasteiger partial charge on any atom is -0.476 e. The molecule has 0 aliphatic carbocycles. The van der Waals surface area contributed by atoms with Crippen molar-refractivity contribution in [1.82, 2.24) is 0 Å². The molecule has 0 saturated carbocycles. The van der Waals surface area contributed by atoms with Crippen LogP contribution in [0.25, 0.3) is 22.3 Å². The normalized spacial score (nSPS) is 11.6. The maximum Gasteiger partial charge on any atom is 0.255 e. The Bertz CT molecular complexity index is 1110. The van der Waals surface area contributed by atoms with Crippen molar-refractivity contribution in [3.05, 3.63) is 62.8 Å². The monoisotopic (exact) mass is 399 g/mol. The first-order valence-electron chi connectivity index (χ1n) is 8.87. The van der Waals surface area contributed by atoms with Crippen molar-refractivity contribution in [1.29, 1.82) is 0 Å². The molecule has 0 atom stereocenters. The van der Waals surface area contributed by atoms with Gasteiger partial charge in [-0.3, -0.25) is 9.59 Å². The van der Waals surface area contributed by atoms with E-state index in [0.717, 1.165) is 11.1 Å². The molecule has 1 amide bonds. The summed E-state index contributed by atoms with van der Waals surface area (Å²) in [5, 5.41) is 0.730. The van der Waals surface area contributed by atoms with Crippen LogP contribution in [-0.4, -0.2) is 12.5 Å². The lowest BCUT2D eigenvalue weighted by Crippen LogP contribution is -2.22. The van der Waals surface area contributed by atoms with E-state index >= 15 is 0 Å². The van der Waals surface area contributed by atoms with Gasteiger partial charge in [-0.15, -0.1) is 0 Å². The van der Waals surface area contributed by atoms with Gasteiger partial charge in [0.15, 0.2) is 12.4 Å². The number of amides is 1. The maximum absolute atomic E-state index is 13.0. The molecule has 3 rings (SSSR count).